The van der Waals surface area contributed by atoms with Crippen molar-refractivity contribution in [2.75, 3.05) is 10.8 Å². The normalized spacial score (nSPS) is 14.3. The van der Waals surface area contributed by atoms with Gasteiger partial charge in [-0.3, -0.25) is 13.9 Å². The molecule has 0 aromatic heterocycles. The van der Waals surface area contributed by atoms with Crippen LogP contribution in [0.2, 0.25) is 10.0 Å². The molecule has 0 radical (unpaired) electrons. The molecule has 246 valence electrons. The zero-order chi connectivity index (χ0) is 33.4. The van der Waals surface area contributed by atoms with Gasteiger partial charge in [-0.25, -0.2) is 8.42 Å². The Morgan fingerprint density at radius 2 is 1.45 bits per heavy atom. The summed E-state index contributed by atoms with van der Waals surface area (Å²) < 4.78 is 30.2. The standard InChI is InChI=1S/C36H36BrCl2N3O4S/c37-28-21-19-27(20-22-28)24-41(33(23-26-11-4-1-5-12-26)36(44)40-29-13-6-2-7-14-29)34(43)25-42(32-18-10-17-31(38)35(32)39)47(45,46)30-15-8-3-9-16-30/h1,3-5,8-12,15-22,29,33H,2,6-7,13-14,23-25H2,(H,40,44). The first-order valence-corrected chi connectivity index (χ1v) is 18.5. The second-order valence-electron chi connectivity index (χ2n) is 11.6. The monoisotopic (exact) mass is 755 g/mol. The van der Waals surface area contributed by atoms with Crippen molar-refractivity contribution >= 4 is 66.7 Å². The second-order valence-corrected chi connectivity index (χ2v) is 15.2. The Morgan fingerprint density at radius 3 is 2.11 bits per heavy atom. The minimum Gasteiger partial charge on any atom is -0.352 e. The van der Waals surface area contributed by atoms with E-state index in [2.05, 4.69) is 21.2 Å². The molecule has 1 aliphatic carbocycles. The lowest BCUT2D eigenvalue weighted by atomic mass is 9.94. The van der Waals surface area contributed by atoms with Crippen LogP contribution in [0.4, 0.5) is 5.69 Å². The van der Waals surface area contributed by atoms with E-state index in [1.165, 1.54) is 23.1 Å². The van der Waals surface area contributed by atoms with E-state index in [-0.39, 0.29) is 45.5 Å². The number of sulfonamides is 1. The van der Waals surface area contributed by atoms with Crippen LogP contribution in [-0.2, 0) is 32.6 Å². The number of hydrogen-bond acceptors (Lipinski definition) is 4. The zero-order valence-corrected chi connectivity index (χ0v) is 29.6. The van der Waals surface area contributed by atoms with Crippen molar-refractivity contribution in [2.45, 2.75) is 62.0 Å². The van der Waals surface area contributed by atoms with Gasteiger partial charge >= 0.3 is 0 Å². The topological polar surface area (TPSA) is 86.8 Å². The van der Waals surface area contributed by atoms with E-state index in [0.717, 1.165) is 52.0 Å². The van der Waals surface area contributed by atoms with Crippen LogP contribution in [0.25, 0.3) is 0 Å². The molecule has 0 heterocycles. The highest BCUT2D eigenvalue weighted by atomic mass is 79.9. The number of halogens is 3. The van der Waals surface area contributed by atoms with Gasteiger partial charge in [0.15, 0.2) is 0 Å². The van der Waals surface area contributed by atoms with Crippen LogP contribution in [0.15, 0.2) is 112 Å². The quantitative estimate of drug-likeness (QED) is 0.159. The number of benzene rings is 4. The summed E-state index contributed by atoms with van der Waals surface area (Å²) in [6.45, 7) is -0.542. The van der Waals surface area contributed by atoms with Gasteiger partial charge < -0.3 is 10.2 Å². The highest BCUT2D eigenvalue weighted by Crippen LogP contribution is 2.35. The van der Waals surface area contributed by atoms with Gasteiger partial charge in [-0.2, -0.15) is 0 Å². The fourth-order valence-electron chi connectivity index (χ4n) is 5.80. The van der Waals surface area contributed by atoms with Crippen LogP contribution < -0.4 is 9.62 Å². The van der Waals surface area contributed by atoms with Gasteiger partial charge in [0.1, 0.15) is 12.6 Å². The highest BCUT2D eigenvalue weighted by Gasteiger charge is 2.36. The van der Waals surface area contributed by atoms with E-state index in [1.807, 2.05) is 54.6 Å². The molecule has 0 aliphatic heterocycles. The number of nitrogens with zero attached hydrogens (tertiary/aromatic N) is 2. The molecular formula is C36H36BrCl2N3O4S. The van der Waals surface area contributed by atoms with Crippen molar-refractivity contribution in [3.63, 3.8) is 0 Å². The summed E-state index contributed by atoms with van der Waals surface area (Å²) in [6.07, 6.45) is 5.18. The van der Waals surface area contributed by atoms with Gasteiger partial charge in [0.2, 0.25) is 11.8 Å². The first kappa shape index (κ1) is 35.0. The maximum absolute atomic E-state index is 14.7. The molecule has 1 N–H and O–H groups in total. The molecule has 1 unspecified atom stereocenters. The minimum atomic E-state index is -4.29. The Hall–Kier alpha value is -3.37. The number of amides is 2. The lowest BCUT2D eigenvalue weighted by Gasteiger charge is -2.35. The third kappa shape index (κ3) is 8.96. The number of hydrogen-bond donors (Lipinski definition) is 1. The van der Waals surface area contributed by atoms with Gasteiger partial charge in [-0.1, -0.05) is 125 Å². The summed E-state index contributed by atoms with van der Waals surface area (Å²) in [6, 6.07) is 28.6. The fraction of sp³-hybridized carbons (Fsp3) is 0.278. The maximum Gasteiger partial charge on any atom is 0.264 e. The highest BCUT2D eigenvalue weighted by molar-refractivity contribution is 9.10. The molecule has 2 amide bonds. The SMILES string of the molecule is O=C(NC1CCCCC1)C(Cc1ccccc1)N(Cc1ccc(Br)cc1)C(=O)CN(c1cccc(Cl)c1Cl)S(=O)(=O)c1ccccc1. The lowest BCUT2D eigenvalue weighted by molar-refractivity contribution is -0.140. The largest absolute Gasteiger partial charge is 0.352 e. The molecule has 1 atom stereocenters. The van der Waals surface area contributed by atoms with Crippen molar-refractivity contribution < 1.29 is 18.0 Å². The van der Waals surface area contributed by atoms with Crippen molar-refractivity contribution in [3.05, 3.63) is 129 Å². The summed E-state index contributed by atoms with van der Waals surface area (Å²) in [5, 5.41) is 3.36. The van der Waals surface area contributed by atoms with Crippen LogP contribution in [0, 0.1) is 0 Å². The maximum atomic E-state index is 14.7. The number of carbonyl (C=O) groups excluding carboxylic acids is 2. The van der Waals surface area contributed by atoms with Crippen molar-refractivity contribution in [1.29, 1.82) is 0 Å². The number of anilines is 1. The molecule has 7 nitrogen and oxygen atoms in total. The predicted octanol–water partition coefficient (Wildman–Crippen LogP) is 8.04. The van der Waals surface area contributed by atoms with Gasteiger partial charge in [0.25, 0.3) is 10.0 Å². The molecule has 5 rings (SSSR count). The molecule has 0 bridgehead atoms. The first-order chi connectivity index (χ1) is 22.6. The Balaban J connectivity index is 1.58. The van der Waals surface area contributed by atoms with Crippen molar-refractivity contribution in [2.24, 2.45) is 0 Å². The molecule has 1 saturated carbocycles. The average molecular weight is 758 g/mol. The van der Waals surface area contributed by atoms with Crippen LogP contribution >= 0.6 is 39.1 Å². The van der Waals surface area contributed by atoms with Crippen LogP contribution in [-0.4, -0.2) is 43.8 Å². The van der Waals surface area contributed by atoms with Gasteiger partial charge in [-0.15, -0.1) is 0 Å². The Bertz CT molecular complexity index is 1770. The van der Waals surface area contributed by atoms with Crippen LogP contribution in [0.3, 0.4) is 0 Å². The summed E-state index contributed by atoms with van der Waals surface area (Å²) in [5.74, 6) is -0.840. The molecular weight excluding hydrogens is 721 g/mol. The molecule has 4 aromatic carbocycles. The second kappa shape index (κ2) is 16.2. The third-order valence-corrected chi connectivity index (χ3v) is 11.4. The first-order valence-electron chi connectivity index (χ1n) is 15.5. The van der Waals surface area contributed by atoms with Crippen molar-refractivity contribution in [1.82, 2.24) is 10.2 Å². The summed E-state index contributed by atoms with van der Waals surface area (Å²) in [5.41, 5.74) is 1.71. The van der Waals surface area contributed by atoms with E-state index in [9.17, 15) is 18.0 Å². The Labute approximate surface area is 295 Å². The van der Waals surface area contributed by atoms with E-state index >= 15 is 0 Å². The molecule has 0 spiro atoms. The predicted molar refractivity (Wildman–Crippen MR) is 191 cm³/mol. The Kier molecular flexibility index (Phi) is 12.0. The molecule has 1 aliphatic rings. The molecule has 11 heteroatoms. The zero-order valence-electron chi connectivity index (χ0n) is 25.7. The smallest absolute Gasteiger partial charge is 0.264 e. The van der Waals surface area contributed by atoms with Crippen LogP contribution in [0.5, 0.6) is 0 Å². The molecule has 1 fully saturated rings. The number of nitrogens with one attached hydrogen (secondary N) is 1. The molecule has 0 saturated heterocycles. The fourth-order valence-corrected chi connectivity index (χ4v) is 7.96. The van der Waals surface area contributed by atoms with Gasteiger partial charge in [0, 0.05) is 23.5 Å². The molecule has 47 heavy (non-hydrogen) atoms. The average Bonchev–Trinajstić information content (AvgIpc) is 3.08. The summed E-state index contributed by atoms with van der Waals surface area (Å²) >= 11 is 16.4. The third-order valence-electron chi connectivity index (χ3n) is 8.30. The summed E-state index contributed by atoms with van der Waals surface area (Å²) in [4.78, 5) is 30.3. The van der Waals surface area contributed by atoms with Crippen molar-refractivity contribution in [3.8, 4) is 0 Å². The van der Waals surface area contributed by atoms with E-state index in [1.54, 1.807) is 30.3 Å². The van der Waals surface area contributed by atoms with Gasteiger partial charge in [0.05, 0.1) is 20.6 Å². The van der Waals surface area contributed by atoms with E-state index in [4.69, 9.17) is 23.2 Å². The van der Waals surface area contributed by atoms with Gasteiger partial charge in [-0.05, 0) is 60.4 Å². The van der Waals surface area contributed by atoms with E-state index < -0.39 is 28.5 Å². The molecule has 4 aromatic rings. The number of rotatable bonds is 12. The number of carbonyl (C=O) groups is 2. The minimum absolute atomic E-state index is 0.00295. The Morgan fingerprint density at radius 1 is 0.809 bits per heavy atom. The van der Waals surface area contributed by atoms with E-state index in [0.29, 0.717) is 0 Å². The lowest BCUT2D eigenvalue weighted by Crippen LogP contribution is -2.55. The summed E-state index contributed by atoms with van der Waals surface area (Å²) in [7, 11) is -4.29. The van der Waals surface area contributed by atoms with Crippen LogP contribution in [0.1, 0.15) is 43.2 Å².